The van der Waals surface area contributed by atoms with Crippen LogP contribution >= 0.6 is 0 Å². The maximum Gasteiger partial charge on any atom is 0.245 e. The average molecular weight is 347 g/mol. The van der Waals surface area contributed by atoms with Crippen molar-refractivity contribution in [1.82, 2.24) is 4.72 Å². The van der Waals surface area contributed by atoms with Gasteiger partial charge in [0.1, 0.15) is 16.4 Å². The highest BCUT2D eigenvalue weighted by atomic mass is 32.2. The van der Waals surface area contributed by atoms with Gasteiger partial charge in [0.05, 0.1) is 19.8 Å². The van der Waals surface area contributed by atoms with E-state index in [9.17, 15) is 8.42 Å². The molecular formula is C18H21NO4S. The van der Waals surface area contributed by atoms with E-state index in [2.05, 4.69) is 4.72 Å². The van der Waals surface area contributed by atoms with Gasteiger partial charge >= 0.3 is 0 Å². The summed E-state index contributed by atoms with van der Waals surface area (Å²) in [6.45, 7) is 1.85. The normalized spacial score (nSPS) is 15.8. The first-order chi connectivity index (χ1) is 11.4. The third-order valence-electron chi connectivity index (χ3n) is 4.31. The summed E-state index contributed by atoms with van der Waals surface area (Å²) >= 11 is 0. The number of ether oxygens (including phenoxy) is 2. The summed E-state index contributed by atoms with van der Waals surface area (Å²) < 4.78 is 39.4. The van der Waals surface area contributed by atoms with Crippen LogP contribution in [0.3, 0.4) is 0 Å². The Labute approximate surface area is 142 Å². The summed E-state index contributed by atoms with van der Waals surface area (Å²) in [5, 5.41) is 0. The SMILES string of the molecule is COc1ccccc1C1(NS(=O)(=O)c2cc(C)ccc2OC)CC1. The van der Waals surface area contributed by atoms with Crippen LogP contribution in [-0.4, -0.2) is 22.6 Å². The highest BCUT2D eigenvalue weighted by Crippen LogP contribution is 2.50. The molecule has 0 amide bonds. The second-order valence-corrected chi connectivity index (χ2v) is 7.69. The van der Waals surface area contributed by atoms with Gasteiger partial charge in [-0.1, -0.05) is 24.3 Å². The molecule has 1 N–H and O–H groups in total. The van der Waals surface area contributed by atoms with Crippen LogP contribution in [0.1, 0.15) is 24.0 Å². The van der Waals surface area contributed by atoms with Gasteiger partial charge in [0, 0.05) is 5.56 Å². The van der Waals surface area contributed by atoms with Gasteiger partial charge < -0.3 is 9.47 Å². The van der Waals surface area contributed by atoms with E-state index in [-0.39, 0.29) is 4.90 Å². The summed E-state index contributed by atoms with van der Waals surface area (Å²) in [6.07, 6.45) is 1.47. The van der Waals surface area contributed by atoms with Crippen molar-refractivity contribution < 1.29 is 17.9 Å². The molecule has 3 rings (SSSR count). The van der Waals surface area contributed by atoms with Crippen molar-refractivity contribution in [2.75, 3.05) is 14.2 Å². The van der Waals surface area contributed by atoms with E-state index in [1.807, 2.05) is 37.3 Å². The highest BCUT2D eigenvalue weighted by molar-refractivity contribution is 7.89. The Bertz CT molecular complexity index is 857. The molecule has 0 atom stereocenters. The Balaban J connectivity index is 2.00. The maximum atomic E-state index is 13.0. The number of benzene rings is 2. The van der Waals surface area contributed by atoms with Gasteiger partial charge in [-0.15, -0.1) is 0 Å². The lowest BCUT2D eigenvalue weighted by atomic mass is 10.1. The molecule has 6 heteroatoms. The monoisotopic (exact) mass is 347 g/mol. The van der Waals surface area contributed by atoms with Gasteiger partial charge in [0.2, 0.25) is 10.0 Å². The maximum absolute atomic E-state index is 13.0. The van der Waals surface area contributed by atoms with E-state index in [4.69, 9.17) is 9.47 Å². The summed E-state index contributed by atoms with van der Waals surface area (Å²) in [7, 11) is -0.665. The third kappa shape index (κ3) is 2.99. The summed E-state index contributed by atoms with van der Waals surface area (Å²) in [5.74, 6) is 1.03. The van der Waals surface area contributed by atoms with E-state index in [0.717, 1.165) is 24.0 Å². The largest absolute Gasteiger partial charge is 0.496 e. The molecule has 0 aromatic heterocycles. The van der Waals surface area contributed by atoms with Crippen molar-refractivity contribution in [2.24, 2.45) is 0 Å². The van der Waals surface area contributed by atoms with Crippen LogP contribution in [0.15, 0.2) is 47.4 Å². The van der Waals surface area contributed by atoms with Crippen LogP contribution in [0.4, 0.5) is 0 Å². The molecule has 0 unspecified atom stereocenters. The van der Waals surface area contributed by atoms with E-state index in [1.54, 1.807) is 19.2 Å². The fourth-order valence-corrected chi connectivity index (χ4v) is 4.59. The van der Waals surface area contributed by atoms with Crippen molar-refractivity contribution in [3.8, 4) is 11.5 Å². The minimum Gasteiger partial charge on any atom is -0.496 e. The van der Waals surface area contributed by atoms with E-state index in [0.29, 0.717) is 11.5 Å². The lowest BCUT2D eigenvalue weighted by molar-refractivity contribution is 0.398. The van der Waals surface area contributed by atoms with Gasteiger partial charge in [-0.2, -0.15) is 0 Å². The zero-order valence-corrected chi connectivity index (χ0v) is 14.8. The van der Waals surface area contributed by atoms with Crippen LogP contribution in [0.5, 0.6) is 11.5 Å². The molecule has 0 radical (unpaired) electrons. The van der Waals surface area contributed by atoms with Crippen LogP contribution < -0.4 is 14.2 Å². The van der Waals surface area contributed by atoms with Crippen molar-refractivity contribution in [3.05, 3.63) is 53.6 Å². The summed E-state index contributed by atoms with van der Waals surface area (Å²) in [6, 6.07) is 12.6. The van der Waals surface area contributed by atoms with Gasteiger partial charge in [-0.3, -0.25) is 0 Å². The minimum atomic E-state index is -3.72. The Morgan fingerprint density at radius 2 is 1.67 bits per heavy atom. The second-order valence-electron chi connectivity index (χ2n) is 6.04. The van der Waals surface area contributed by atoms with Crippen LogP contribution in [0.2, 0.25) is 0 Å². The van der Waals surface area contributed by atoms with E-state index in [1.165, 1.54) is 7.11 Å². The average Bonchev–Trinajstić information content (AvgIpc) is 3.34. The second kappa shape index (κ2) is 6.11. The molecule has 1 aliphatic carbocycles. The summed E-state index contributed by atoms with van der Waals surface area (Å²) in [5.41, 5.74) is 1.11. The predicted molar refractivity (Wildman–Crippen MR) is 92.0 cm³/mol. The Morgan fingerprint density at radius 3 is 2.29 bits per heavy atom. The van der Waals surface area contributed by atoms with Gasteiger partial charge in [-0.05, 0) is 43.5 Å². The molecule has 2 aromatic carbocycles. The topological polar surface area (TPSA) is 64.6 Å². The minimum absolute atomic E-state index is 0.158. The van der Waals surface area contributed by atoms with Crippen LogP contribution in [0, 0.1) is 6.92 Å². The van der Waals surface area contributed by atoms with Crippen molar-refractivity contribution in [2.45, 2.75) is 30.2 Å². The zero-order valence-electron chi connectivity index (χ0n) is 14.0. The molecule has 0 saturated heterocycles. The van der Waals surface area contributed by atoms with Gasteiger partial charge in [-0.25, -0.2) is 13.1 Å². The third-order valence-corrected chi connectivity index (χ3v) is 5.87. The Morgan fingerprint density at radius 1 is 1.00 bits per heavy atom. The van der Waals surface area contributed by atoms with Gasteiger partial charge in [0.25, 0.3) is 0 Å². The molecule has 24 heavy (non-hydrogen) atoms. The predicted octanol–water partition coefficient (Wildman–Crippen LogP) is 2.98. The first-order valence-electron chi connectivity index (χ1n) is 7.74. The molecule has 1 fully saturated rings. The number of hydrogen-bond acceptors (Lipinski definition) is 4. The standard InChI is InChI=1S/C18H21NO4S/c1-13-8-9-16(23-3)17(12-13)24(20,21)19-18(10-11-18)14-6-4-5-7-15(14)22-2/h4-9,12,19H,10-11H2,1-3H3. The lowest BCUT2D eigenvalue weighted by Crippen LogP contribution is -2.35. The highest BCUT2D eigenvalue weighted by Gasteiger charge is 2.49. The first-order valence-corrected chi connectivity index (χ1v) is 9.22. The number of rotatable bonds is 6. The first kappa shape index (κ1) is 16.8. The smallest absolute Gasteiger partial charge is 0.245 e. The molecular weight excluding hydrogens is 326 g/mol. The number of sulfonamides is 1. The Hall–Kier alpha value is -2.05. The molecule has 2 aromatic rings. The van der Waals surface area contributed by atoms with Crippen LogP contribution in [-0.2, 0) is 15.6 Å². The summed E-state index contributed by atoms with van der Waals surface area (Å²) in [4.78, 5) is 0.158. The lowest BCUT2D eigenvalue weighted by Gasteiger charge is -2.21. The quantitative estimate of drug-likeness (QED) is 0.872. The van der Waals surface area contributed by atoms with E-state index < -0.39 is 15.6 Å². The van der Waals surface area contributed by atoms with Crippen molar-refractivity contribution >= 4 is 10.0 Å². The van der Waals surface area contributed by atoms with Gasteiger partial charge in [0.15, 0.2) is 0 Å². The molecule has 1 saturated carbocycles. The number of para-hydroxylation sites is 1. The fraction of sp³-hybridized carbons (Fsp3) is 0.333. The number of methoxy groups -OCH3 is 2. The van der Waals surface area contributed by atoms with Crippen molar-refractivity contribution in [1.29, 1.82) is 0 Å². The number of aryl methyl sites for hydroxylation is 1. The number of hydrogen-bond donors (Lipinski definition) is 1. The van der Waals surface area contributed by atoms with Crippen LogP contribution in [0.25, 0.3) is 0 Å². The number of nitrogens with one attached hydrogen (secondary N) is 1. The van der Waals surface area contributed by atoms with E-state index >= 15 is 0 Å². The molecule has 128 valence electrons. The molecule has 5 nitrogen and oxygen atoms in total. The molecule has 1 aliphatic rings. The zero-order chi connectivity index (χ0) is 17.4. The molecule has 0 aliphatic heterocycles. The van der Waals surface area contributed by atoms with Crippen molar-refractivity contribution in [3.63, 3.8) is 0 Å². The molecule has 0 heterocycles. The molecule has 0 bridgehead atoms. The Kier molecular flexibility index (Phi) is 4.27. The molecule has 0 spiro atoms. The fourth-order valence-electron chi connectivity index (χ4n) is 2.90.